The van der Waals surface area contributed by atoms with Crippen LogP contribution in [-0.2, 0) is 6.54 Å². The number of pyridine rings is 1. The summed E-state index contributed by atoms with van der Waals surface area (Å²) < 4.78 is 3.76. The number of aromatic nitrogens is 7. The molecule has 8 nitrogen and oxygen atoms in total. The maximum Gasteiger partial charge on any atom is 0.340 e. The zero-order chi connectivity index (χ0) is 15.1. The molecule has 0 unspecified atom stereocenters. The molecular formula is C14H13N7O. The van der Waals surface area contributed by atoms with Gasteiger partial charge in [-0.1, -0.05) is 6.07 Å². The van der Waals surface area contributed by atoms with Crippen LogP contribution in [0.3, 0.4) is 0 Å². The first-order valence-electron chi connectivity index (χ1n) is 6.80. The van der Waals surface area contributed by atoms with E-state index in [4.69, 9.17) is 0 Å². The molecule has 0 bridgehead atoms. The summed E-state index contributed by atoms with van der Waals surface area (Å²) in [5.41, 5.74) is 2.77. The van der Waals surface area contributed by atoms with Crippen molar-refractivity contribution >= 4 is 5.52 Å². The molecule has 0 atom stereocenters. The number of hydrogen-bond acceptors (Lipinski definition) is 4. The maximum atomic E-state index is 11.1. The molecule has 4 aromatic heterocycles. The molecule has 0 aromatic carbocycles. The Balaban J connectivity index is 1.83. The predicted molar refractivity (Wildman–Crippen MR) is 79.5 cm³/mol. The van der Waals surface area contributed by atoms with E-state index in [0.29, 0.717) is 12.4 Å². The van der Waals surface area contributed by atoms with Crippen LogP contribution in [0.2, 0.25) is 0 Å². The fourth-order valence-electron chi connectivity index (χ4n) is 2.60. The molecule has 2 N–H and O–H groups in total. The van der Waals surface area contributed by atoms with E-state index in [-0.39, 0.29) is 5.69 Å². The topological polar surface area (TPSA) is 96.7 Å². The van der Waals surface area contributed by atoms with Crippen molar-refractivity contribution in [1.29, 1.82) is 0 Å². The highest BCUT2D eigenvalue weighted by atomic mass is 16.1. The smallest absolute Gasteiger partial charge is 0.323 e. The lowest BCUT2D eigenvalue weighted by atomic mass is 10.1. The summed E-state index contributed by atoms with van der Waals surface area (Å²) >= 11 is 0. The number of aromatic amines is 2. The Morgan fingerprint density at radius 1 is 1.32 bits per heavy atom. The van der Waals surface area contributed by atoms with Gasteiger partial charge in [0, 0.05) is 18.6 Å². The second kappa shape index (κ2) is 4.69. The molecule has 4 rings (SSSR count). The van der Waals surface area contributed by atoms with Crippen molar-refractivity contribution in [3.63, 3.8) is 0 Å². The molecule has 0 aliphatic rings. The molecule has 8 heteroatoms. The third kappa shape index (κ3) is 1.93. The highest BCUT2D eigenvalue weighted by Crippen LogP contribution is 2.25. The normalized spacial score (nSPS) is 11.3. The number of H-pyrrole nitrogens is 2. The largest absolute Gasteiger partial charge is 0.340 e. The van der Waals surface area contributed by atoms with Gasteiger partial charge in [0.05, 0.1) is 23.8 Å². The fourth-order valence-corrected chi connectivity index (χ4v) is 2.60. The molecular weight excluding hydrogens is 282 g/mol. The van der Waals surface area contributed by atoms with Crippen LogP contribution >= 0.6 is 0 Å². The van der Waals surface area contributed by atoms with Crippen LogP contribution in [0.4, 0.5) is 0 Å². The minimum atomic E-state index is -0.316. The van der Waals surface area contributed by atoms with Gasteiger partial charge in [-0.3, -0.25) is 4.98 Å². The first-order valence-corrected chi connectivity index (χ1v) is 6.80. The zero-order valence-corrected chi connectivity index (χ0v) is 11.8. The summed E-state index contributed by atoms with van der Waals surface area (Å²) in [6.07, 6.45) is 7.28. The molecule has 0 fully saturated rings. The highest BCUT2D eigenvalue weighted by molar-refractivity contribution is 5.78. The van der Waals surface area contributed by atoms with Crippen molar-refractivity contribution in [1.82, 2.24) is 34.3 Å². The van der Waals surface area contributed by atoms with Crippen LogP contribution in [0.15, 0.2) is 41.7 Å². The van der Waals surface area contributed by atoms with E-state index < -0.39 is 0 Å². The molecule has 0 aliphatic heterocycles. The summed E-state index contributed by atoms with van der Waals surface area (Å²) in [6.45, 7) is 2.47. The lowest BCUT2D eigenvalue weighted by Gasteiger charge is -2.05. The van der Waals surface area contributed by atoms with E-state index in [1.54, 1.807) is 12.4 Å². The minimum absolute atomic E-state index is 0.316. The van der Waals surface area contributed by atoms with Crippen molar-refractivity contribution in [2.45, 2.75) is 13.5 Å². The average Bonchev–Trinajstić information content (AvgIpc) is 3.19. The Morgan fingerprint density at radius 3 is 3.05 bits per heavy atom. The fraction of sp³-hybridized carbons (Fsp3) is 0.143. The molecule has 0 radical (unpaired) electrons. The van der Waals surface area contributed by atoms with Crippen molar-refractivity contribution in [2.75, 3.05) is 0 Å². The molecule has 0 saturated carbocycles. The molecule has 0 aliphatic carbocycles. The van der Waals surface area contributed by atoms with Crippen molar-refractivity contribution in [3.05, 3.63) is 58.8 Å². The van der Waals surface area contributed by atoms with Gasteiger partial charge in [0.15, 0.2) is 5.82 Å². The van der Waals surface area contributed by atoms with Crippen LogP contribution in [0.25, 0.3) is 16.9 Å². The lowest BCUT2D eigenvalue weighted by Crippen LogP contribution is -2.05. The number of fused-ring (bicyclic) bond motifs is 1. The molecule has 4 heterocycles. The Hall–Kier alpha value is -3.16. The number of imidazole rings is 1. The van der Waals surface area contributed by atoms with E-state index in [9.17, 15) is 4.79 Å². The standard InChI is InChI=1S/C14H13N7O/c1-9-3-2-5-21-12(9)10(7-16-21)13-15-4-6-20(13)8-11-17-14(22)19-18-11/h2-7H,8H2,1H3,(H2,17,18,19,22). The molecule has 0 saturated heterocycles. The Kier molecular flexibility index (Phi) is 2.68. The summed E-state index contributed by atoms with van der Waals surface area (Å²) in [5.74, 6) is 1.34. The number of nitrogens with one attached hydrogen (secondary N) is 2. The third-order valence-electron chi connectivity index (χ3n) is 3.57. The van der Waals surface area contributed by atoms with Gasteiger partial charge in [0.25, 0.3) is 0 Å². The SMILES string of the molecule is Cc1cccn2ncc(-c3nccn3Cc3n[nH]c(=O)[nH]3)c12. The third-order valence-corrected chi connectivity index (χ3v) is 3.57. The summed E-state index contributed by atoms with van der Waals surface area (Å²) in [7, 11) is 0. The molecule has 4 aromatic rings. The van der Waals surface area contributed by atoms with Gasteiger partial charge in [-0.15, -0.1) is 0 Å². The van der Waals surface area contributed by atoms with Crippen LogP contribution in [-0.4, -0.2) is 34.3 Å². The van der Waals surface area contributed by atoms with E-state index in [1.165, 1.54) is 0 Å². The summed E-state index contributed by atoms with van der Waals surface area (Å²) in [5, 5.41) is 10.7. The molecule has 110 valence electrons. The van der Waals surface area contributed by atoms with Crippen LogP contribution < -0.4 is 5.69 Å². The zero-order valence-electron chi connectivity index (χ0n) is 11.8. The number of hydrogen-bond donors (Lipinski definition) is 2. The lowest BCUT2D eigenvalue weighted by molar-refractivity contribution is 0.755. The van der Waals surface area contributed by atoms with E-state index in [0.717, 1.165) is 22.5 Å². The van der Waals surface area contributed by atoms with E-state index in [1.807, 2.05) is 40.5 Å². The monoisotopic (exact) mass is 295 g/mol. The Bertz CT molecular complexity index is 1000. The quantitative estimate of drug-likeness (QED) is 0.588. The van der Waals surface area contributed by atoms with Crippen molar-refractivity contribution < 1.29 is 0 Å². The molecule has 22 heavy (non-hydrogen) atoms. The highest BCUT2D eigenvalue weighted by Gasteiger charge is 2.14. The minimum Gasteiger partial charge on any atom is -0.323 e. The predicted octanol–water partition coefficient (Wildman–Crippen LogP) is 0.966. The molecule has 0 spiro atoms. The first kappa shape index (κ1) is 12.6. The Morgan fingerprint density at radius 2 is 2.23 bits per heavy atom. The Labute approximate surface area is 124 Å². The summed E-state index contributed by atoms with van der Waals surface area (Å²) in [6, 6.07) is 4.00. The molecule has 0 amide bonds. The van der Waals surface area contributed by atoms with Crippen molar-refractivity contribution in [2.24, 2.45) is 0 Å². The van der Waals surface area contributed by atoms with Crippen LogP contribution in [0.5, 0.6) is 0 Å². The van der Waals surface area contributed by atoms with Crippen LogP contribution in [0.1, 0.15) is 11.4 Å². The van der Waals surface area contributed by atoms with Gasteiger partial charge in [0.1, 0.15) is 5.82 Å². The summed E-state index contributed by atoms with van der Waals surface area (Å²) in [4.78, 5) is 18.2. The number of rotatable bonds is 3. The number of nitrogens with zero attached hydrogens (tertiary/aromatic N) is 5. The second-order valence-electron chi connectivity index (χ2n) is 5.05. The van der Waals surface area contributed by atoms with Gasteiger partial charge >= 0.3 is 5.69 Å². The van der Waals surface area contributed by atoms with Gasteiger partial charge in [-0.2, -0.15) is 10.2 Å². The van der Waals surface area contributed by atoms with Gasteiger partial charge in [-0.25, -0.2) is 19.4 Å². The first-order chi connectivity index (χ1) is 10.7. The maximum absolute atomic E-state index is 11.1. The van der Waals surface area contributed by atoms with Crippen molar-refractivity contribution in [3.8, 4) is 11.4 Å². The van der Waals surface area contributed by atoms with E-state index in [2.05, 4.69) is 25.3 Å². The van der Waals surface area contributed by atoms with E-state index >= 15 is 0 Å². The van der Waals surface area contributed by atoms with Gasteiger partial charge in [0.2, 0.25) is 0 Å². The second-order valence-corrected chi connectivity index (χ2v) is 5.05. The van der Waals surface area contributed by atoms with Gasteiger partial charge in [-0.05, 0) is 18.6 Å². The number of aryl methyl sites for hydroxylation is 1. The van der Waals surface area contributed by atoms with Gasteiger partial charge < -0.3 is 4.57 Å². The van der Waals surface area contributed by atoms with Crippen LogP contribution in [0, 0.1) is 6.92 Å². The average molecular weight is 295 g/mol.